The first kappa shape index (κ1) is 10.3. The third kappa shape index (κ3) is 2.07. The zero-order valence-corrected chi connectivity index (χ0v) is 9.28. The number of nitrogens with zero attached hydrogens (tertiary/aromatic N) is 2. The second kappa shape index (κ2) is 4.10. The molecule has 15 heavy (non-hydrogen) atoms. The third-order valence-corrected chi connectivity index (χ3v) is 2.65. The summed E-state index contributed by atoms with van der Waals surface area (Å²) in [4.78, 5) is 17.4. The molecule has 5 heteroatoms. The van der Waals surface area contributed by atoms with Crippen LogP contribution in [0.25, 0.3) is 0 Å². The number of hydrogen-bond donors (Lipinski definition) is 1. The van der Waals surface area contributed by atoms with E-state index in [1.54, 1.807) is 24.1 Å². The zero-order chi connectivity index (χ0) is 10.8. The van der Waals surface area contributed by atoms with E-state index < -0.39 is 0 Å². The quantitative estimate of drug-likeness (QED) is 0.766. The van der Waals surface area contributed by atoms with E-state index in [-0.39, 0.29) is 11.2 Å². The van der Waals surface area contributed by atoms with E-state index in [1.807, 2.05) is 6.07 Å². The molecular formula is C10H12N2O2S. The van der Waals surface area contributed by atoms with E-state index >= 15 is 0 Å². The first-order valence-corrected chi connectivity index (χ1v) is 5.22. The number of methoxy groups -OCH3 is 1. The molecule has 1 unspecified atom stereocenters. The van der Waals surface area contributed by atoms with Gasteiger partial charge in [-0.3, -0.25) is 9.69 Å². The van der Waals surface area contributed by atoms with Gasteiger partial charge in [-0.2, -0.15) is 17.6 Å². The van der Waals surface area contributed by atoms with Crippen molar-refractivity contribution >= 4 is 24.4 Å². The maximum absolute atomic E-state index is 11.6. The van der Waals surface area contributed by atoms with Crippen LogP contribution >= 0.6 is 12.6 Å². The molecular weight excluding hydrogens is 212 g/mol. The highest BCUT2D eigenvalue weighted by Crippen LogP contribution is 2.23. The Morgan fingerprint density at radius 2 is 2.40 bits per heavy atom. The largest absolute Gasteiger partial charge is 0.481 e. The van der Waals surface area contributed by atoms with Crippen LogP contribution in [0.5, 0.6) is 5.88 Å². The molecule has 4 nitrogen and oxygen atoms in total. The molecule has 0 aromatic carbocycles. The molecule has 1 amide bonds. The average molecular weight is 224 g/mol. The van der Waals surface area contributed by atoms with Crippen molar-refractivity contribution in [3.8, 4) is 5.88 Å². The van der Waals surface area contributed by atoms with Gasteiger partial charge in [-0.15, -0.1) is 0 Å². The van der Waals surface area contributed by atoms with E-state index in [2.05, 4.69) is 17.6 Å². The molecule has 0 spiro atoms. The van der Waals surface area contributed by atoms with Gasteiger partial charge < -0.3 is 4.74 Å². The molecule has 1 atom stereocenters. The molecule has 0 N–H and O–H groups in total. The fourth-order valence-electron chi connectivity index (χ4n) is 1.58. The summed E-state index contributed by atoms with van der Waals surface area (Å²) >= 11 is 4.29. The van der Waals surface area contributed by atoms with Gasteiger partial charge in [-0.25, -0.2) is 0 Å². The number of anilines is 1. The lowest BCUT2D eigenvalue weighted by molar-refractivity contribution is -0.117. The van der Waals surface area contributed by atoms with Gasteiger partial charge in [0.15, 0.2) is 0 Å². The Morgan fingerprint density at radius 3 is 3.00 bits per heavy atom. The monoisotopic (exact) mass is 224 g/mol. The van der Waals surface area contributed by atoms with Gasteiger partial charge in [0.1, 0.15) is 5.82 Å². The summed E-state index contributed by atoms with van der Waals surface area (Å²) in [5.74, 6) is 1.22. The predicted molar refractivity (Wildman–Crippen MR) is 60.5 cm³/mol. The van der Waals surface area contributed by atoms with Crippen molar-refractivity contribution < 1.29 is 9.53 Å². The minimum atomic E-state index is 0.0655. The summed E-state index contributed by atoms with van der Waals surface area (Å²) in [6.45, 7) is 0.613. The van der Waals surface area contributed by atoms with Crippen LogP contribution in [0, 0.1) is 0 Å². The summed E-state index contributed by atoms with van der Waals surface area (Å²) in [7, 11) is 1.55. The lowest BCUT2D eigenvalue weighted by Gasteiger charge is -2.14. The second-order valence-electron chi connectivity index (χ2n) is 3.40. The number of pyridine rings is 1. The Balaban J connectivity index is 2.25. The van der Waals surface area contributed by atoms with Crippen LogP contribution in [0.15, 0.2) is 18.2 Å². The Labute approximate surface area is 93.7 Å². The SMILES string of the molecule is COc1cccc(N2CC(S)CC2=O)n1. The highest BCUT2D eigenvalue weighted by molar-refractivity contribution is 7.81. The molecule has 1 aliphatic rings. The molecule has 0 radical (unpaired) electrons. The smallest absolute Gasteiger partial charge is 0.229 e. The van der Waals surface area contributed by atoms with E-state index in [4.69, 9.17) is 4.74 Å². The molecule has 1 aromatic rings. The molecule has 1 aliphatic heterocycles. The van der Waals surface area contributed by atoms with Crippen LogP contribution in [-0.4, -0.2) is 29.8 Å². The van der Waals surface area contributed by atoms with E-state index in [0.29, 0.717) is 24.7 Å². The van der Waals surface area contributed by atoms with Crippen molar-refractivity contribution in [1.29, 1.82) is 0 Å². The van der Waals surface area contributed by atoms with Gasteiger partial charge in [-0.1, -0.05) is 6.07 Å². The van der Waals surface area contributed by atoms with Gasteiger partial charge in [0, 0.05) is 24.3 Å². The van der Waals surface area contributed by atoms with Crippen molar-refractivity contribution in [2.24, 2.45) is 0 Å². The molecule has 0 saturated carbocycles. The van der Waals surface area contributed by atoms with E-state index in [1.165, 1.54) is 0 Å². The van der Waals surface area contributed by atoms with Crippen molar-refractivity contribution in [1.82, 2.24) is 4.98 Å². The van der Waals surface area contributed by atoms with Crippen LogP contribution in [0.4, 0.5) is 5.82 Å². The van der Waals surface area contributed by atoms with Crippen LogP contribution in [0.1, 0.15) is 6.42 Å². The number of aromatic nitrogens is 1. The fraction of sp³-hybridized carbons (Fsp3) is 0.400. The maximum atomic E-state index is 11.6. The molecule has 2 heterocycles. The van der Waals surface area contributed by atoms with Crippen LogP contribution in [0.3, 0.4) is 0 Å². The Hall–Kier alpha value is -1.23. The van der Waals surface area contributed by atoms with Gasteiger partial charge in [0.05, 0.1) is 7.11 Å². The Bertz CT molecular complexity index is 383. The van der Waals surface area contributed by atoms with Crippen molar-refractivity contribution in [2.45, 2.75) is 11.7 Å². The highest BCUT2D eigenvalue weighted by Gasteiger charge is 2.29. The van der Waals surface area contributed by atoms with Crippen molar-refractivity contribution in [3.63, 3.8) is 0 Å². The normalized spacial score (nSPS) is 20.8. The molecule has 1 saturated heterocycles. The molecule has 1 aromatic heterocycles. The second-order valence-corrected chi connectivity index (χ2v) is 4.13. The molecule has 0 bridgehead atoms. The predicted octanol–water partition coefficient (Wildman–Crippen LogP) is 1.13. The van der Waals surface area contributed by atoms with Crippen LogP contribution < -0.4 is 9.64 Å². The first-order chi connectivity index (χ1) is 7.20. The van der Waals surface area contributed by atoms with Gasteiger partial charge in [0.2, 0.25) is 11.8 Å². The lowest BCUT2D eigenvalue weighted by atomic mass is 10.4. The topological polar surface area (TPSA) is 42.4 Å². The summed E-state index contributed by atoms with van der Waals surface area (Å²) in [5, 5.41) is 0.102. The van der Waals surface area contributed by atoms with Crippen molar-refractivity contribution in [3.05, 3.63) is 18.2 Å². The maximum Gasteiger partial charge on any atom is 0.229 e. The highest BCUT2D eigenvalue weighted by atomic mass is 32.1. The number of carbonyl (C=O) groups excluding carboxylic acids is 1. The van der Waals surface area contributed by atoms with Crippen molar-refractivity contribution in [2.75, 3.05) is 18.6 Å². The standard InChI is InChI=1S/C10H12N2O2S/c1-14-9-4-2-3-8(11-9)12-6-7(15)5-10(12)13/h2-4,7,15H,5-6H2,1H3. The summed E-state index contributed by atoms with van der Waals surface area (Å²) < 4.78 is 5.01. The first-order valence-electron chi connectivity index (χ1n) is 4.70. The van der Waals surface area contributed by atoms with E-state index in [9.17, 15) is 4.79 Å². The summed E-state index contributed by atoms with van der Waals surface area (Å²) in [6, 6.07) is 5.37. The minimum Gasteiger partial charge on any atom is -0.481 e. The van der Waals surface area contributed by atoms with Gasteiger partial charge >= 0.3 is 0 Å². The van der Waals surface area contributed by atoms with E-state index in [0.717, 1.165) is 0 Å². The summed E-state index contributed by atoms with van der Waals surface area (Å²) in [5.41, 5.74) is 0. The third-order valence-electron chi connectivity index (χ3n) is 2.30. The Kier molecular flexibility index (Phi) is 2.81. The zero-order valence-electron chi connectivity index (χ0n) is 8.38. The molecule has 2 rings (SSSR count). The van der Waals surface area contributed by atoms with Gasteiger partial charge in [0.25, 0.3) is 0 Å². The molecule has 80 valence electrons. The number of rotatable bonds is 2. The minimum absolute atomic E-state index is 0.0655. The average Bonchev–Trinajstić information content (AvgIpc) is 2.58. The number of ether oxygens (including phenoxy) is 1. The number of carbonyl (C=O) groups is 1. The number of hydrogen-bond acceptors (Lipinski definition) is 4. The fourth-order valence-corrected chi connectivity index (χ4v) is 1.90. The lowest BCUT2D eigenvalue weighted by Crippen LogP contribution is -2.25. The van der Waals surface area contributed by atoms with Crippen LogP contribution in [-0.2, 0) is 4.79 Å². The molecule has 0 aliphatic carbocycles. The summed E-state index contributed by atoms with van der Waals surface area (Å²) in [6.07, 6.45) is 0.474. The van der Waals surface area contributed by atoms with Gasteiger partial charge in [-0.05, 0) is 6.07 Å². The number of thiol groups is 1. The number of amides is 1. The van der Waals surface area contributed by atoms with Crippen LogP contribution in [0.2, 0.25) is 0 Å². The Morgan fingerprint density at radius 1 is 1.60 bits per heavy atom. The molecule has 1 fully saturated rings.